The van der Waals surface area contributed by atoms with Gasteiger partial charge in [0.25, 0.3) is 5.91 Å². The fourth-order valence-corrected chi connectivity index (χ4v) is 5.03. The normalized spacial score (nSPS) is 25.7. The monoisotopic (exact) mass is 399 g/mol. The molecular weight excluding hydrogens is 379 g/mol. The fraction of sp³-hybridized carbons (Fsp3) is 0.556. The first-order valence-corrected chi connectivity index (χ1v) is 10.1. The molecule has 1 saturated carbocycles. The molecule has 2 saturated heterocycles. The van der Waals surface area contributed by atoms with Gasteiger partial charge >= 0.3 is 12.2 Å². The molecule has 3 amide bonds. The maximum atomic E-state index is 13.3. The number of alkyl halides is 3. The van der Waals surface area contributed by atoms with E-state index in [1.807, 2.05) is 4.90 Å². The second-order valence-corrected chi connectivity index (χ2v) is 8.43. The maximum absolute atomic E-state index is 13.3. The minimum atomic E-state index is -4.43. The van der Waals surface area contributed by atoms with E-state index in [9.17, 15) is 22.8 Å². The predicted molar refractivity (Wildman–Crippen MR) is 94.9 cm³/mol. The van der Waals surface area contributed by atoms with Crippen LogP contribution in [0.5, 0.6) is 0 Å². The Morgan fingerprint density at radius 3 is 2.63 bits per heavy atom. The third kappa shape index (κ3) is 3.54. The van der Waals surface area contributed by atoms with Crippen molar-refractivity contribution < 1.29 is 22.8 Å². The Morgan fingerprint density at radius 1 is 1.26 bits per heavy atom. The Bertz CT molecular complexity index is 760. The Hall–Kier alpha value is -1.74. The summed E-state index contributed by atoms with van der Waals surface area (Å²) in [6.07, 6.45) is -2.12. The zero-order valence-electron chi connectivity index (χ0n) is 14.6. The van der Waals surface area contributed by atoms with Gasteiger partial charge in [0.1, 0.15) is 5.54 Å². The van der Waals surface area contributed by atoms with Crippen molar-refractivity contribution in [2.45, 2.75) is 43.6 Å². The number of carbonyl (C=O) groups excluding carboxylic acids is 2. The van der Waals surface area contributed by atoms with Gasteiger partial charge in [0, 0.05) is 18.3 Å². The second-order valence-electron chi connectivity index (χ2n) is 7.32. The highest BCUT2D eigenvalue weighted by Crippen LogP contribution is 2.37. The van der Waals surface area contributed by atoms with E-state index >= 15 is 0 Å². The summed E-state index contributed by atoms with van der Waals surface area (Å²) in [6, 6.07) is 5.12. The van der Waals surface area contributed by atoms with E-state index in [0.717, 1.165) is 24.7 Å². The Labute approximate surface area is 159 Å². The lowest BCUT2D eigenvalue weighted by molar-refractivity contribution is -0.139. The topological polar surface area (TPSA) is 52.7 Å². The van der Waals surface area contributed by atoms with Gasteiger partial charge in [-0.15, -0.1) is 0 Å². The molecule has 1 spiro atoms. The van der Waals surface area contributed by atoms with Crippen molar-refractivity contribution in [1.82, 2.24) is 15.1 Å². The summed E-state index contributed by atoms with van der Waals surface area (Å²) in [5.41, 5.74) is -1.34. The highest BCUT2D eigenvalue weighted by Gasteiger charge is 2.53. The predicted octanol–water partition coefficient (Wildman–Crippen LogP) is 3.05. The molecule has 1 aromatic carbocycles. The van der Waals surface area contributed by atoms with E-state index in [1.54, 1.807) is 17.8 Å². The van der Waals surface area contributed by atoms with Crippen LogP contribution in [0, 0.1) is 0 Å². The number of benzene rings is 1. The highest BCUT2D eigenvalue weighted by molar-refractivity contribution is 7.99. The van der Waals surface area contributed by atoms with Crippen molar-refractivity contribution in [3.8, 4) is 0 Å². The number of urea groups is 1. The standard InChI is InChI=1S/C18H20F3N3O2S/c19-18(20,21)14-4-2-1-3-12(14)9-23(13-5-6-13)11-24-15(25)17(22-16(24)26)7-8-27-10-17/h1-4,13H,5-11H2,(H,22,26). The Kier molecular flexibility index (Phi) is 4.62. The number of amides is 3. The third-order valence-corrected chi connectivity index (χ3v) is 6.54. The zero-order valence-corrected chi connectivity index (χ0v) is 15.4. The molecule has 1 aliphatic carbocycles. The Morgan fingerprint density at radius 2 is 2.00 bits per heavy atom. The summed E-state index contributed by atoms with van der Waals surface area (Å²) in [5, 5.41) is 2.80. The van der Waals surface area contributed by atoms with Gasteiger partial charge in [-0.3, -0.25) is 9.69 Å². The van der Waals surface area contributed by atoms with Crippen molar-refractivity contribution in [3.63, 3.8) is 0 Å². The molecule has 1 N–H and O–H groups in total. The quantitative estimate of drug-likeness (QED) is 0.774. The molecule has 9 heteroatoms. The molecule has 4 rings (SSSR count). The van der Waals surface area contributed by atoms with E-state index < -0.39 is 23.3 Å². The van der Waals surface area contributed by atoms with Crippen molar-refractivity contribution >= 4 is 23.7 Å². The molecule has 1 aromatic rings. The molecule has 27 heavy (non-hydrogen) atoms. The number of rotatable bonds is 5. The van der Waals surface area contributed by atoms with Gasteiger partial charge < -0.3 is 5.32 Å². The molecule has 3 fully saturated rings. The first-order valence-electron chi connectivity index (χ1n) is 8.91. The average molecular weight is 399 g/mol. The van der Waals surface area contributed by atoms with E-state index in [4.69, 9.17) is 0 Å². The molecule has 1 atom stereocenters. The van der Waals surface area contributed by atoms with Gasteiger partial charge in [0.15, 0.2) is 0 Å². The minimum Gasteiger partial charge on any atom is -0.322 e. The summed E-state index contributed by atoms with van der Waals surface area (Å²) in [4.78, 5) is 28.2. The molecule has 0 aromatic heterocycles. The lowest BCUT2D eigenvalue weighted by Gasteiger charge is -2.28. The molecule has 2 heterocycles. The van der Waals surface area contributed by atoms with Gasteiger partial charge in [-0.2, -0.15) is 24.9 Å². The van der Waals surface area contributed by atoms with E-state index in [2.05, 4.69) is 5.32 Å². The average Bonchev–Trinajstić information content (AvgIpc) is 3.31. The van der Waals surface area contributed by atoms with Crippen molar-refractivity contribution in [1.29, 1.82) is 0 Å². The summed E-state index contributed by atoms with van der Waals surface area (Å²) >= 11 is 1.62. The maximum Gasteiger partial charge on any atom is 0.416 e. The molecule has 0 bridgehead atoms. The van der Waals surface area contributed by atoms with Gasteiger partial charge in [-0.05, 0) is 36.6 Å². The Balaban J connectivity index is 1.54. The third-order valence-electron chi connectivity index (χ3n) is 5.35. The summed E-state index contributed by atoms with van der Waals surface area (Å²) in [7, 11) is 0. The second kappa shape index (κ2) is 6.70. The first kappa shape index (κ1) is 18.6. The van der Waals surface area contributed by atoms with Crippen LogP contribution in [0.25, 0.3) is 0 Å². The number of nitrogens with one attached hydrogen (secondary N) is 1. The van der Waals surface area contributed by atoms with Crippen LogP contribution in [0.4, 0.5) is 18.0 Å². The van der Waals surface area contributed by atoms with Gasteiger partial charge in [0.2, 0.25) is 0 Å². The molecule has 5 nitrogen and oxygen atoms in total. The number of halogens is 3. The molecule has 1 unspecified atom stereocenters. The van der Waals surface area contributed by atoms with Gasteiger partial charge in [-0.25, -0.2) is 9.69 Å². The lowest BCUT2D eigenvalue weighted by atomic mass is 9.99. The van der Waals surface area contributed by atoms with Crippen molar-refractivity contribution in [3.05, 3.63) is 35.4 Å². The number of imide groups is 1. The van der Waals surface area contributed by atoms with E-state index in [1.165, 1.54) is 17.0 Å². The number of hydrogen-bond acceptors (Lipinski definition) is 4. The van der Waals surface area contributed by atoms with Crippen LogP contribution >= 0.6 is 11.8 Å². The smallest absolute Gasteiger partial charge is 0.322 e. The van der Waals surface area contributed by atoms with Crippen molar-refractivity contribution in [2.75, 3.05) is 18.2 Å². The first-order chi connectivity index (χ1) is 12.8. The van der Waals surface area contributed by atoms with E-state index in [-0.39, 0.29) is 30.7 Å². The van der Waals surface area contributed by atoms with Crippen LogP contribution in [-0.2, 0) is 17.5 Å². The largest absolute Gasteiger partial charge is 0.416 e. The molecule has 2 aliphatic heterocycles. The summed E-state index contributed by atoms with van der Waals surface area (Å²) < 4.78 is 39.9. The van der Waals surface area contributed by atoms with E-state index in [0.29, 0.717) is 12.2 Å². The number of nitrogens with zero attached hydrogens (tertiary/aromatic N) is 2. The van der Waals surface area contributed by atoms with Gasteiger partial charge in [-0.1, -0.05) is 18.2 Å². The SMILES string of the molecule is O=C1NC2(CCSC2)C(=O)N1CN(Cc1ccccc1C(F)(F)F)C1CC1. The van der Waals surface area contributed by atoms with Crippen LogP contribution in [0.3, 0.4) is 0 Å². The molecule has 146 valence electrons. The highest BCUT2D eigenvalue weighted by atomic mass is 32.2. The van der Waals surface area contributed by atoms with Crippen LogP contribution in [0.1, 0.15) is 30.4 Å². The molecule has 0 radical (unpaired) electrons. The lowest BCUT2D eigenvalue weighted by Crippen LogP contribution is -2.48. The van der Waals surface area contributed by atoms with Crippen LogP contribution in [0.15, 0.2) is 24.3 Å². The van der Waals surface area contributed by atoms with Crippen molar-refractivity contribution in [2.24, 2.45) is 0 Å². The minimum absolute atomic E-state index is 0.0218. The number of carbonyl (C=O) groups is 2. The summed E-state index contributed by atoms with van der Waals surface area (Å²) in [5.74, 6) is 1.10. The van der Waals surface area contributed by atoms with Crippen LogP contribution in [-0.4, -0.2) is 51.5 Å². The zero-order chi connectivity index (χ0) is 19.2. The molecule has 3 aliphatic rings. The number of hydrogen-bond donors (Lipinski definition) is 1. The fourth-order valence-electron chi connectivity index (χ4n) is 3.71. The van der Waals surface area contributed by atoms with Gasteiger partial charge in [0.05, 0.1) is 12.2 Å². The number of thioether (sulfide) groups is 1. The van der Waals surface area contributed by atoms with Crippen LogP contribution < -0.4 is 5.32 Å². The summed E-state index contributed by atoms with van der Waals surface area (Å²) in [6.45, 7) is 0.0765. The van der Waals surface area contributed by atoms with Crippen LogP contribution in [0.2, 0.25) is 0 Å². The molecular formula is C18H20F3N3O2S.